The van der Waals surface area contributed by atoms with Gasteiger partial charge in [0.25, 0.3) is 0 Å². The number of nitrogens with zero attached hydrogens (tertiary/aromatic N) is 6. The lowest BCUT2D eigenvalue weighted by Crippen LogP contribution is -2.57. The molecule has 0 radical (unpaired) electrons. The maximum absolute atomic E-state index is 4.86. The fourth-order valence-corrected chi connectivity index (χ4v) is 4.48. The van der Waals surface area contributed by atoms with Crippen LogP contribution in [0.15, 0.2) is 43.0 Å². The molecule has 1 aliphatic heterocycles. The van der Waals surface area contributed by atoms with Gasteiger partial charge in [-0.3, -0.25) is 4.98 Å². The lowest BCUT2D eigenvalue weighted by atomic mass is 10.0. The molecular formula is C24H30N8. The number of hydrogen-bond acceptors (Lipinski definition) is 7. The third-order valence-electron chi connectivity index (χ3n) is 6.30. The fourth-order valence-electron chi connectivity index (χ4n) is 4.48. The summed E-state index contributed by atoms with van der Waals surface area (Å²) in [5.74, 6) is 1.27. The number of piperazine rings is 1. The Hall–Kier alpha value is -3.26. The van der Waals surface area contributed by atoms with E-state index in [9.17, 15) is 0 Å². The predicted molar refractivity (Wildman–Crippen MR) is 130 cm³/mol. The molecule has 0 spiro atoms. The summed E-state index contributed by atoms with van der Waals surface area (Å²) in [5, 5.41) is 8.99. The molecule has 0 unspecified atom stereocenters. The molecule has 5 rings (SSSR count). The number of fused-ring (bicyclic) bond motifs is 3. The van der Waals surface area contributed by atoms with Gasteiger partial charge < -0.3 is 20.1 Å². The molecule has 0 saturated carbocycles. The van der Waals surface area contributed by atoms with Crippen LogP contribution in [0.5, 0.6) is 0 Å². The van der Waals surface area contributed by atoms with E-state index in [2.05, 4.69) is 68.8 Å². The SMILES string of the molecule is CC[C@H](C)n1c2cnccc2c2cnc(Nc3ccc(N4CCNC(C)(C)C4)cn3)nc21. The summed E-state index contributed by atoms with van der Waals surface area (Å²) >= 11 is 0. The second-order valence-corrected chi connectivity index (χ2v) is 9.21. The highest BCUT2D eigenvalue weighted by Crippen LogP contribution is 2.31. The lowest BCUT2D eigenvalue weighted by Gasteiger charge is -2.40. The van der Waals surface area contributed by atoms with Crippen LogP contribution in [0.25, 0.3) is 21.9 Å². The van der Waals surface area contributed by atoms with E-state index in [0.29, 0.717) is 12.0 Å². The molecule has 2 N–H and O–H groups in total. The van der Waals surface area contributed by atoms with Crippen molar-refractivity contribution in [3.63, 3.8) is 0 Å². The molecule has 4 aromatic rings. The Morgan fingerprint density at radius 1 is 1.12 bits per heavy atom. The number of rotatable bonds is 5. The van der Waals surface area contributed by atoms with E-state index >= 15 is 0 Å². The van der Waals surface area contributed by atoms with Crippen molar-refractivity contribution < 1.29 is 0 Å². The summed E-state index contributed by atoms with van der Waals surface area (Å²) in [6.45, 7) is 11.8. The van der Waals surface area contributed by atoms with Crippen molar-refractivity contribution in [2.75, 3.05) is 29.9 Å². The summed E-state index contributed by atoms with van der Waals surface area (Å²) < 4.78 is 2.26. The van der Waals surface area contributed by atoms with Gasteiger partial charge in [0.15, 0.2) is 0 Å². The molecule has 1 saturated heterocycles. The first kappa shape index (κ1) is 20.6. The molecular weight excluding hydrogens is 400 g/mol. The van der Waals surface area contributed by atoms with Crippen molar-refractivity contribution in [3.05, 3.63) is 43.0 Å². The number of hydrogen-bond donors (Lipinski definition) is 2. The molecule has 0 aliphatic carbocycles. The van der Waals surface area contributed by atoms with Gasteiger partial charge >= 0.3 is 0 Å². The summed E-state index contributed by atoms with van der Waals surface area (Å²) in [7, 11) is 0. The van der Waals surface area contributed by atoms with E-state index in [1.165, 1.54) is 0 Å². The number of aromatic nitrogens is 5. The molecule has 4 aromatic heterocycles. The minimum Gasteiger partial charge on any atom is -0.367 e. The van der Waals surface area contributed by atoms with E-state index in [0.717, 1.165) is 59.5 Å². The summed E-state index contributed by atoms with van der Waals surface area (Å²) in [4.78, 5) is 20.8. The Balaban J connectivity index is 1.44. The normalized spacial score (nSPS) is 17.1. The Morgan fingerprint density at radius 3 is 2.75 bits per heavy atom. The standard InChI is InChI=1S/C24H30N8/c1-5-16(2)32-20-14-25-9-8-18(20)19-13-27-23(30-22(19)32)29-21-7-6-17(12-26-21)31-11-10-28-24(3,4)15-31/h6-9,12-14,16,28H,5,10-11,15H2,1-4H3,(H,26,27,29,30)/t16-/m0/s1. The second kappa shape index (κ2) is 8.02. The number of pyridine rings is 2. The molecule has 0 bridgehead atoms. The number of nitrogens with one attached hydrogen (secondary N) is 2. The van der Waals surface area contributed by atoms with Crippen LogP contribution >= 0.6 is 0 Å². The predicted octanol–water partition coefficient (Wildman–Crippen LogP) is 4.28. The number of anilines is 3. The highest BCUT2D eigenvalue weighted by molar-refractivity contribution is 6.06. The van der Waals surface area contributed by atoms with Crippen LogP contribution in [0.4, 0.5) is 17.5 Å². The minimum atomic E-state index is 0.0992. The van der Waals surface area contributed by atoms with Crippen LogP contribution in [-0.2, 0) is 0 Å². The monoisotopic (exact) mass is 430 g/mol. The average Bonchev–Trinajstić information content (AvgIpc) is 3.12. The molecule has 166 valence electrons. The lowest BCUT2D eigenvalue weighted by molar-refractivity contribution is 0.353. The largest absolute Gasteiger partial charge is 0.367 e. The minimum absolute atomic E-state index is 0.0992. The van der Waals surface area contributed by atoms with Crippen LogP contribution in [0, 0.1) is 0 Å². The summed E-state index contributed by atoms with van der Waals surface area (Å²) in [6.07, 6.45) is 8.55. The van der Waals surface area contributed by atoms with E-state index < -0.39 is 0 Å². The van der Waals surface area contributed by atoms with Gasteiger partial charge in [0.05, 0.1) is 23.6 Å². The van der Waals surface area contributed by atoms with Crippen LogP contribution in [0.1, 0.15) is 40.2 Å². The quantitative estimate of drug-likeness (QED) is 0.489. The Morgan fingerprint density at radius 2 is 2.00 bits per heavy atom. The molecule has 0 amide bonds. The third-order valence-corrected chi connectivity index (χ3v) is 6.30. The third kappa shape index (κ3) is 3.75. The first-order valence-corrected chi connectivity index (χ1v) is 11.3. The van der Waals surface area contributed by atoms with E-state index in [1.807, 2.05) is 36.9 Å². The first-order chi connectivity index (χ1) is 15.4. The van der Waals surface area contributed by atoms with Crippen molar-refractivity contribution in [3.8, 4) is 0 Å². The van der Waals surface area contributed by atoms with Crippen LogP contribution in [0.3, 0.4) is 0 Å². The van der Waals surface area contributed by atoms with Gasteiger partial charge in [-0.15, -0.1) is 0 Å². The van der Waals surface area contributed by atoms with Gasteiger partial charge in [-0.25, -0.2) is 9.97 Å². The van der Waals surface area contributed by atoms with Crippen molar-refractivity contribution >= 4 is 39.4 Å². The second-order valence-electron chi connectivity index (χ2n) is 9.21. The maximum Gasteiger partial charge on any atom is 0.230 e. The smallest absolute Gasteiger partial charge is 0.230 e. The van der Waals surface area contributed by atoms with Crippen LogP contribution < -0.4 is 15.5 Å². The van der Waals surface area contributed by atoms with Crippen molar-refractivity contribution in [2.24, 2.45) is 0 Å². The zero-order valence-corrected chi connectivity index (χ0v) is 19.1. The average molecular weight is 431 g/mol. The van der Waals surface area contributed by atoms with Crippen molar-refractivity contribution in [1.29, 1.82) is 0 Å². The zero-order valence-electron chi connectivity index (χ0n) is 19.1. The Bertz CT molecular complexity index is 1240. The van der Waals surface area contributed by atoms with Gasteiger partial charge in [0.1, 0.15) is 11.5 Å². The molecule has 8 nitrogen and oxygen atoms in total. The fraction of sp³-hybridized carbons (Fsp3) is 0.417. The molecule has 1 fully saturated rings. The van der Waals surface area contributed by atoms with Gasteiger partial charge in [-0.1, -0.05) is 6.92 Å². The molecule has 0 aromatic carbocycles. The Kier molecular flexibility index (Phi) is 5.17. The van der Waals surface area contributed by atoms with Crippen molar-refractivity contribution in [2.45, 2.75) is 45.7 Å². The van der Waals surface area contributed by atoms with E-state index in [1.54, 1.807) is 0 Å². The van der Waals surface area contributed by atoms with Gasteiger partial charge in [-0.2, -0.15) is 4.98 Å². The molecule has 1 aliphatic rings. The highest BCUT2D eigenvalue weighted by Gasteiger charge is 2.26. The highest BCUT2D eigenvalue weighted by atomic mass is 15.2. The Labute approximate surface area is 188 Å². The summed E-state index contributed by atoms with van der Waals surface area (Å²) in [5.41, 5.74) is 3.23. The molecule has 5 heterocycles. The van der Waals surface area contributed by atoms with Crippen LogP contribution in [-0.4, -0.2) is 49.7 Å². The first-order valence-electron chi connectivity index (χ1n) is 11.3. The van der Waals surface area contributed by atoms with E-state index in [-0.39, 0.29) is 5.54 Å². The van der Waals surface area contributed by atoms with Crippen LogP contribution in [0.2, 0.25) is 0 Å². The molecule has 1 atom stereocenters. The summed E-state index contributed by atoms with van der Waals surface area (Å²) in [6, 6.07) is 6.44. The molecule has 32 heavy (non-hydrogen) atoms. The zero-order chi connectivity index (χ0) is 22.3. The van der Waals surface area contributed by atoms with Gasteiger partial charge in [0, 0.05) is 54.4 Å². The van der Waals surface area contributed by atoms with Gasteiger partial charge in [-0.05, 0) is 45.4 Å². The molecule has 8 heteroatoms. The van der Waals surface area contributed by atoms with E-state index in [4.69, 9.17) is 4.98 Å². The van der Waals surface area contributed by atoms with Crippen molar-refractivity contribution in [1.82, 2.24) is 29.8 Å². The topological polar surface area (TPSA) is 83.8 Å². The van der Waals surface area contributed by atoms with Gasteiger partial charge in [0.2, 0.25) is 5.95 Å². The maximum atomic E-state index is 4.86.